The number of ketones is 1. The first kappa shape index (κ1) is 23.0. The van der Waals surface area contributed by atoms with E-state index in [-0.39, 0.29) is 22.1 Å². The zero-order valence-electron chi connectivity index (χ0n) is 17.2. The Morgan fingerprint density at radius 3 is 2.52 bits per heavy atom. The molecular weight excluding hydrogens is 428 g/mol. The second-order valence-electron chi connectivity index (χ2n) is 7.57. The maximum absolute atomic E-state index is 13.3. The van der Waals surface area contributed by atoms with Crippen LogP contribution in [-0.4, -0.2) is 43.7 Å². The van der Waals surface area contributed by atoms with Crippen LogP contribution in [-0.2, 0) is 14.8 Å². The number of carbonyl (C=O) groups is 2. The zero-order chi connectivity index (χ0) is 22.8. The molecule has 9 heteroatoms. The molecule has 3 rings (SSSR count). The Kier molecular flexibility index (Phi) is 6.86. The third kappa shape index (κ3) is 4.99. The summed E-state index contributed by atoms with van der Waals surface area (Å²) in [6.45, 7) is 3.20. The number of ether oxygens (including phenoxy) is 1. The summed E-state index contributed by atoms with van der Waals surface area (Å²) in [5, 5.41) is 0. The smallest absolute Gasteiger partial charge is 0.338 e. The number of esters is 1. The maximum atomic E-state index is 13.3. The van der Waals surface area contributed by atoms with Gasteiger partial charge in [0, 0.05) is 18.2 Å². The van der Waals surface area contributed by atoms with Crippen LogP contribution in [0.1, 0.15) is 52.5 Å². The summed E-state index contributed by atoms with van der Waals surface area (Å²) in [5.41, 5.74) is 0.360. The zero-order valence-corrected chi connectivity index (χ0v) is 18.0. The number of piperidine rings is 1. The number of Topliss-reactive ketones (excluding diaryl/α,β-unsaturated/α-hetero) is 1. The van der Waals surface area contributed by atoms with Crippen LogP contribution >= 0.6 is 0 Å². The highest BCUT2D eigenvalue weighted by Crippen LogP contribution is 2.26. The Morgan fingerprint density at radius 2 is 1.84 bits per heavy atom. The van der Waals surface area contributed by atoms with E-state index in [0.717, 1.165) is 37.5 Å². The van der Waals surface area contributed by atoms with Gasteiger partial charge in [0.15, 0.2) is 24.0 Å². The highest BCUT2D eigenvalue weighted by molar-refractivity contribution is 7.89. The molecule has 0 bridgehead atoms. The molecule has 166 valence electrons. The van der Waals surface area contributed by atoms with E-state index >= 15 is 0 Å². The van der Waals surface area contributed by atoms with Crippen molar-refractivity contribution in [3.8, 4) is 0 Å². The lowest BCUT2D eigenvalue weighted by molar-refractivity contribution is 0.0473. The van der Waals surface area contributed by atoms with Crippen LogP contribution in [0.4, 0.5) is 8.78 Å². The topological polar surface area (TPSA) is 80.8 Å². The molecule has 0 amide bonds. The van der Waals surface area contributed by atoms with Crippen molar-refractivity contribution in [2.45, 2.75) is 44.0 Å². The summed E-state index contributed by atoms with van der Waals surface area (Å²) in [7, 11) is -3.79. The summed E-state index contributed by atoms with van der Waals surface area (Å²) in [6, 6.07) is 6.69. The second kappa shape index (κ2) is 9.23. The third-order valence-electron chi connectivity index (χ3n) is 5.35. The fourth-order valence-corrected chi connectivity index (χ4v) is 5.23. The standard InChI is InChI=1S/C22H23F2NO5S/c1-14-6-8-17(31(28,29)25-10-4-3-5-15(25)2)12-18(14)22(27)30-13-21(26)16-7-9-19(23)20(24)11-16/h6-9,11-12,15H,3-5,10,13H2,1-2H3. The minimum Gasteiger partial charge on any atom is -0.454 e. The summed E-state index contributed by atoms with van der Waals surface area (Å²) in [6.07, 6.45) is 2.51. The Bertz CT molecular complexity index is 1120. The fourth-order valence-electron chi connectivity index (χ4n) is 3.51. The molecule has 0 N–H and O–H groups in total. The van der Waals surface area contributed by atoms with Gasteiger partial charge in [0.1, 0.15) is 0 Å². The van der Waals surface area contributed by atoms with Gasteiger partial charge in [-0.05, 0) is 62.6 Å². The van der Waals surface area contributed by atoms with Gasteiger partial charge >= 0.3 is 5.97 Å². The molecule has 6 nitrogen and oxygen atoms in total. The predicted octanol–water partition coefficient (Wildman–Crippen LogP) is 3.88. The molecule has 0 radical (unpaired) electrons. The van der Waals surface area contributed by atoms with E-state index in [4.69, 9.17) is 4.74 Å². The lowest BCUT2D eigenvalue weighted by Crippen LogP contribution is -2.41. The molecule has 2 aromatic rings. The number of nitrogens with zero attached hydrogens (tertiary/aromatic N) is 1. The van der Waals surface area contributed by atoms with Gasteiger partial charge in [-0.15, -0.1) is 0 Å². The van der Waals surface area contributed by atoms with Gasteiger partial charge in [0.25, 0.3) is 0 Å². The number of hydrogen-bond acceptors (Lipinski definition) is 5. The van der Waals surface area contributed by atoms with Crippen molar-refractivity contribution in [2.24, 2.45) is 0 Å². The number of benzene rings is 2. The monoisotopic (exact) mass is 451 g/mol. The van der Waals surface area contributed by atoms with Crippen molar-refractivity contribution in [2.75, 3.05) is 13.2 Å². The van der Waals surface area contributed by atoms with Gasteiger partial charge in [0.05, 0.1) is 10.5 Å². The summed E-state index contributed by atoms with van der Waals surface area (Å²) in [4.78, 5) is 24.6. The van der Waals surface area contributed by atoms with E-state index in [1.165, 1.54) is 22.5 Å². The fraction of sp³-hybridized carbons (Fsp3) is 0.364. The molecule has 0 saturated carbocycles. The van der Waals surface area contributed by atoms with Gasteiger partial charge in [-0.3, -0.25) is 4.79 Å². The Hall–Kier alpha value is -2.65. The highest BCUT2D eigenvalue weighted by atomic mass is 32.2. The van der Waals surface area contributed by atoms with E-state index in [1.54, 1.807) is 6.92 Å². The van der Waals surface area contributed by atoms with Crippen molar-refractivity contribution >= 4 is 21.8 Å². The van der Waals surface area contributed by atoms with Crippen molar-refractivity contribution in [1.29, 1.82) is 0 Å². The Balaban J connectivity index is 1.77. The average Bonchev–Trinajstić information content (AvgIpc) is 2.74. The van der Waals surface area contributed by atoms with Gasteiger partial charge in [-0.25, -0.2) is 22.0 Å². The first-order chi connectivity index (χ1) is 14.6. The molecule has 1 heterocycles. The first-order valence-corrected chi connectivity index (χ1v) is 11.3. The number of hydrogen-bond donors (Lipinski definition) is 0. The average molecular weight is 451 g/mol. The quantitative estimate of drug-likeness (QED) is 0.492. The maximum Gasteiger partial charge on any atom is 0.338 e. The van der Waals surface area contributed by atoms with Crippen LogP contribution in [0.2, 0.25) is 0 Å². The van der Waals surface area contributed by atoms with Crippen LogP contribution < -0.4 is 0 Å². The van der Waals surface area contributed by atoms with Gasteiger partial charge in [-0.2, -0.15) is 4.31 Å². The molecule has 1 aliphatic heterocycles. The molecule has 1 aliphatic rings. The molecule has 2 aromatic carbocycles. The van der Waals surface area contributed by atoms with E-state index < -0.39 is 40.0 Å². The summed E-state index contributed by atoms with van der Waals surface area (Å²) in [5.74, 6) is -3.86. The molecule has 0 aliphatic carbocycles. The van der Waals surface area contributed by atoms with E-state index in [1.807, 2.05) is 6.92 Å². The molecule has 1 atom stereocenters. The van der Waals surface area contributed by atoms with Crippen LogP contribution in [0, 0.1) is 18.6 Å². The SMILES string of the molecule is Cc1ccc(S(=O)(=O)N2CCCCC2C)cc1C(=O)OCC(=O)c1ccc(F)c(F)c1. The first-order valence-electron chi connectivity index (χ1n) is 9.89. The summed E-state index contributed by atoms with van der Waals surface area (Å²) >= 11 is 0. The van der Waals surface area contributed by atoms with Crippen LogP contribution in [0.5, 0.6) is 0 Å². The van der Waals surface area contributed by atoms with Crippen molar-refractivity contribution in [1.82, 2.24) is 4.31 Å². The molecular formula is C22H23F2NO5S. The van der Waals surface area contributed by atoms with E-state index in [9.17, 15) is 26.8 Å². The molecule has 1 saturated heterocycles. The minimum atomic E-state index is -3.79. The number of rotatable bonds is 6. The van der Waals surface area contributed by atoms with Crippen LogP contribution in [0.15, 0.2) is 41.3 Å². The van der Waals surface area contributed by atoms with Gasteiger partial charge in [-0.1, -0.05) is 12.5 Å². The number of halogens is 2. The van der Waals surface area contributed by atoms with Crippen molar-refractivity contribution < 1.29 is 31.5 Å². The number of sulfonamides is 1. The molecule has 0 aromatic heterocycles. The predicted molar refractivity (Wildman–Crippen MR) is 109 cm³/mol. The lowest BCUT2D eigenvalue weighted by atomic mass is 10.1. The third-order valence-corrected chi connectivity index (χ3v) is 7.36. The van der Waals surface area contributed by atoms with Crippen LogP contribution in [0.25, 0.3) is 0 Å². The van der Waals surface area contributed by atoms with E-state index in [2.05, 4.69) is 0 Å². The molecule has 31 heavy (non-hydrogen) atoms. The van der Waals surface area contributed by atoms with E-state index in [0.29, 0.717) is 12.1 Å². The van der Waals surface area contributed by atoms with Crippen molar-refractivity contribution in [3.63, 3.8) is 0 Å². The molecule has 0 spiro atoms. The largest absolute Gasteiger partial charge is 0.454 e. The lowest BCUT2D eigenvalue weighted by Gasteiger charge is -2.32. The minimum absolute atomic E-state index is 0.0174. The molecule has 1 unspecified atom stereocenters. The van der Waals surface area contributed by atoms with Crippen LogP contribution in [0.3, 0.4) is 0 Å². The Morgan fingerprint density at radius 1 is 1.10 bits per heavy atom. The second-order valence-corrected chi connectivity index (χ2v) is 9.46. The Labute approximate surface area is 179 Å². The molecule has 1 fully saturated rings. The normalized spacial score (nSPS) is 17.4. The number of aryl methyl sites for hydroxylation is 1. The van der Waals surface area contributed by atoms with Crippen molar-refractivity contribution in [3.05, 3.63) is 64.7 Å². The number of carbonyl (C=O) groups excluding carboxylic acids is 2. The van der Waals surface area contributed by atoms with Gasteiger partial charge < -0.3 is 4.74 Å². The summed E-state index contributed by atoms with van der Waals surface area (Å²) < 4.78 is 58.9. The van der Waals surface area contributed by atoms with Gasteiger partial charge in [0.2, 0.25) is 10.0 Å². The highest BCUT2D eigenvalue weighted by Gasteiger charge is 2.31.